The lowest BCUT2D eigenvalue weighted by Crippen LogP contribution is -2.64. The van der Waals surface area contributed by atoms with E-state index in [9.17, 15) is 4.39 Å². The minimum absolute atomic E-state index is 0.0670. The largest absolute Gasteiger partial charge is 0.310 e. The van der Waals surface area contributed by atoms with Crippen LogP contribution in [0, 0.1) is 5.82 Å². The molecule has 1 aliphatic heterocycles. The SMILES string of the molecule is CN1CCNC(C2CC(c3ccc(F)cc3)c3cc(Cl)ccc32)C1(C)C. The average molecular weight is 373 g/mol. The predicted octanol–water partition coefficient (Wildman–Crippen LogP) is 4.78. The number of nitrogens with zero attached hydrogens (tertiary/aromatic N) is 1. The molecule has 1 saturated heterocycles. The van der Waals surface area contributed by atoms with E-state index in [0.29, 0.717) is 12.0 Å². The summed E-state index contributed by atoms with van der Waals surface area (Å²) in [7, 11) is 2.21. The van der Waals surface area contributed by atoms with Gasteiger partial charge < -0.3 is 5.32 Å². The van der Waals surface area contributed by atoms with Crippen molar-refractivity contribution in [3.8, 4) is 0 Å². The third kappa shape index (κ3) is 2.96. The highest BCUT2D eigenvalue weighted by atomic mass is 35.5. The smallest absolute Gasteiger partial charge is 0.123 e. The lowest BCUT2D eigenvalue weighted by atomic mass is 9.78. The molecular weight excluding hydrogens is 347 g/mol. The van der Waals surface area contributed by atoms with E-state index in [1.54, 1.807) is 12.1 Å². The van der Waals surface area contributed by atoms with Crippen LogP contribution in [-0.2, 0) is 0 Å². The second-order valence-corrected chi connectivity index (χ2v) is 8.66. The van der Waals surface area contributed by atoms with Crippen LogP contribution in [0.4, 0.5) is 4.39 Å². The molecule has 0 saturated carbocycles. The Labute approximate surface area is 160 Å². The standard InChI is InChI=1S/C22H26ClFN2/c1-22(2)21(25-10-11-26(22)3)20-13-18(14-4-7-16(24)8-5-14)19-12-15(23)6-9-17(19)20/h4-9,12,18,20-21,25H,10-11,13H2,1-3H3. The molecular formula is C22H26ClFN2. The quantitative estimate of drug-likeness (QED) is 0.816. The number of rotatable bonds is 2. The summed E-state index contributed by atoms with van der Waals surface area (Å²) in [6, 6.07) is 13.6. The fraction of sp³-hybridized carbons (Fsp3) is 0.455. The van der Waals surface area contributed by atoms with Crippen molar-refractivity contribution in [3.63, 3.8) is 0 Å². The average Bonchev–Trinajstić information content (AvgIpc) is 2.96. The van der Waals surface area contributed by atoms with Crippen molar-refractivity contribution in [1.29, 1.82) is 0 Å². The summed E-state index contributed by atoms with van der Waals surface area (Å²) < 4.78 is 13.4. The third-order valence-corrected chi connectivity index (χ3v) is 6.78. The Bertz CT molecular complexity index is 802. The zero-order valence-corrected chi connectivity index (χ0v) is 16.4. The maximum atomic E-state index is 13.4. The molecule has 26 heavy (non-hydrogen) atoms. The summed E-state index contributed by atoms with van der Waals surface area (Å²) in [5.74, 6) is 0.487. The van der Waals surface area contributed by atoms with E-state index in [-0.39, 0.29) is 17.3 Å². The molecule has 138 valence electrons. The van der Waals surface area contributed by atoms with Crippen molar-refractivity contribution in [3.05, 3.63) is 70.0 Å². The van der Waals surface area contributed by atoms with Gasteiger partial charge in [-0.3, -0.25) is 4.90 Å². The van der Waals surface area contributed by atoms with Gasteiger partial charge in [-0.2, -0.15) is 0 Å². The second kappa shape index (κ2) is 6.63. The zero-order chi connectivity index (χ0) is 18.5. The first-order chi connectivity index (χ1) is 12.4. The van der Waals surface area contributed by atoms with Crippen LogP contribution in [0.5, 0.6) is 0 Å². The van der Waals surface area contributed by atoms with Gasteiger partial charge in [-0.25, -0.2) is 4.39 Å². The van der Waals surface area contributed by atoms with Gasteiger partial charge in [0.15, 0.2) is 0 Å². The highest BCUT2D eigenvalue weighted by Crippen LogP contribution is 2.49. The lowest BCUT2D eigenvalue weighted by Gasteiger charge is -2.49. The number of nitrogens with one attached hydrogen (secondary N) is 1. The normalized spacial score (nSPS) is 28.1. The van der Waals surface area contributed by atoms with Crippen molar-refractivity contribution in [2.75, 3.05) is 20.1 Å². The fourth-order valence-corrected chi connectivity index (χ4v) is 5.00. The molecule has 2 aromatic carbocycles. The van der Waals surface area contributed by atoms with Gasteiger partial charge in [0.25, 0.3) is 0 Å². The van der Waals surface area contributed by atoms with E-state index in [1.807, 2.05) is 18.2 Å². The van der Waals surface area contributed by atoms with Crippen LogP contribution in [-0.4, -0.2) is 36.6 Å². The van der Waals surface area contributed by atoms with Gasteiger partial charge in [-0.05, 0) is 68.3 Å². The Morgan fingerprint density at radius 3 is 2.58 bits per heavy atom. The summed E-state index contributed by atoms with van der Waals surface area (Å²) in [5, 5.41) is 4.55. The van der Waals surface area contributed by atoms with E-state index in [0.717, 1.165) is 24.5 Å². The molecule has 0 bridgehead atoms. The molecule has 0 aromatic heterocycles. The topological polar surface area (TPSA) is 15.3 Å². The van der Waals surface area contributed by atoms with Crippen LogP contribution < -0.4 is 5.32 Å². The van der Waals surface area contributed by atoms with Gasteiger partial charge in [-0.1, -0.05) is 29.8 Å². The summed E-state index contributed by atoms with van der Waals surface area (Å²) in [5.41, 5.74) is 3.90. The molecule has 3 atom stereocenters. The maximum Gasteiger partial charge on any atom is 0.123 e. The van der Waals surface area contributed by atoms with Crippen LogP contribution in [0.25, 0.3) is 0 Å². The molecule has 1 aliphatic carbocycles. The molecule has 2 aliphatic rings. The molecule has 0 amide bonds. The van der Waals surface area contributed by atoms with Crippen LogP contribution in [0.3, 0.4) is 0 Å². The first-order valence-electron chi connectivity index (χ1n) is 9.37. The van der Waals surface area contributed by atoms with Crippen molar-refractivity contribution in [1.82, 2.24) is 10.2 Å². The summed E-state index contributed by atoms with van der Waals surface area (Å²) in [4.78, 5) is 2.45. The number of benzene rings is 2. The minimum Gasteiger partial charge on any atom is -0.310 e. The van der Waals surface area contributed by atoms with Gasteiger partial charge in [0.1, 0.15) is 5.82 Å². The zero-order valence-electron chi connectivity index (χ0n) is 15.6. The van der Waals surface area contributed by atoms with Crippen molar-refractivity contribution in [2.45, 2.75) is 43.7 Å². The third-order valence-electron chi connectivity index (χ3n) is 6.54. The Morgan fingerprint density at radius 2 is 1.85 bits per heavy atom. The Kier molecular flexibility index (Phi) is 4.58. The molecule has 4 heteroatoms. The number of hydrogen-bond donors (Lipinski definition) is 1. The highest BCUT2D eigenvalue weighted by molar-refractivity contribution is 6.30. The van der Waals surface area contributed by atoms with Gasteiger partial charge >= 0.3 is 0 Å². The predicted molar refractivity (Wildman–Crippen MR) is 106 cm³/mol. The maximum absolute atomic E-state index is 13.4. The molecule has 0 radical (unpaired) electrons. The summed E-state index contributed by atoms with van der Waals surface area (Å²) in [6.07, 6.45) is 1.02. The fourth-order valence-electron chi connectivity index (χ4n) is 4.82. The summed E-state index contributed by atoms with van der Waals surface area (Å²) >= 11 is 6.33. The first kappa shape index (κ1) is 18.0. The number of likely N-dealkylation sites (N-methyl/N-ethyl adjacent to an activating group) is 1. The van der Waals surface area contributed by atoms with Gasteiger partial charge in [0.2, 0.25) is 0 Å². The van der Waals surface area contributed by atoms with E-state index in [4.69, 9.17) is 11.6 Å². The van der Waals surface area contributed by atoms with E-state index < -0.39 is 0 Å². The molecule has 2 aromatic rings. The van der Waals surface area contributed by atoms with Crippen LogP contribution in [0.2, 0.25) is 5.02 Å². The van der Waals surface area contributed by atoms with Crippen molar-refractivity contribution in [2.24, 2.45) is 0 Å². The van der Waals surface area contributed by atoms with E-state index >= 15 is 0 Å². The second-order valence-electron chi connectivity index (χ2n) is 8.23. The molecule has 1 heterocycles. The molecule has 1 N–H and O–H groups in total. The number of halogens is 2. The molecule has 2 nitrogen and oxygen atoms in total. The molecule has 1 fully saturated rings. The van der Waals surface area contributed by atoms with Crippen molar-refractivity contribution < 1.29 is 4.39 Å². The summed E-state index contributed by atoms with van der Waals surface area (Å²) in [6.45, 7) is 6.71. The monoisotopic (exact) mass is 372 g/mol. The molecule has 4 rings (SSSR count). The molecule has 0 spiro atoms. The van der Waals surface area contributed by atoms with E-state index in [2.05, 4.69) is 43.2 Å². The van der Waals surface area contributed by atoms with Crippen molar-refractivity contribution >= 4 is 11.6 Å². The van der Waals surface area contributed by atoms with Crippen LogP contribution >= 0.6 is 11.6 Å². The molecule has 3 unspecified atom stereocenters. The highest BCUT2D eigenvalue weighted by Gasteiger charge is 2.45. The van der Waals surface area contributed by atoms with Gasteiger partial charge in [0.05, 0.1) is 0 Å². The Hall–Kier alpha value is -1.42. The minimum atomic E-state index is -0.189. The Morgan fingerprint density at radius 1 is 1.12 bits per heavy atom. The van der Waals surface area contributed by atoms with Gasteiger partial charge in [0, 0.05) is 41.5 Å². The number of fused-ring (bicyclic) bond motifs is 1. The lowest BCUT2D eigenvalue weighted by molar-refractivity contribution is 0.0609. The number of piperazine rings is 1. The Balaban J connectivity index is 1.75. The van der Waals surface area contributed by atoms with Crippen LogP contribution in [0.1, 0.15) is 48.8 Å². The van der Waals surface area contributed by atoms with Crippen LogP contribution in [0.15, 0.2) is 42.5 Å². The van der Waals surface area contributed by atoms with Gasteiger partial charge in [-0.15, -0.1) is 0 Å². The van der Waals surface area contributed by atoms with E-state index in [1.165, 1.54) is 16.7 Å². The first-order valence-corrected chi connectivity index (χ1v) is 9.75. The number of hydrogen-bond acceptors (Lipinski definition) is 2.